The van der Waals surface area contributed by atoms with Crippen LogP contribution in [-0.2, 0) is 16.3 Å². The van der Waals surface area contributed by atoms with Crippen molar-refractivity contribution in [3.05, 3.63) is 57.3 Å². The number of ketones is 1. The number of aromatic nitrogens is 2. The van der Waals surface area contributed by atoms with E-state index in [1.807, 2.05) is 0 Å². The van der Waals surface area contributed by atoms with Gasteiger partial charge in [0.05, 0.1) is 31.9 Å². The number of likely N-dealkylation sites (tertiary alicyclic amines) is 1. The Morgan fingerprint density at radius 1 is 1.19 bits per heavy atom. The predicted octanol–water partition coefficient (Wildman–Crippen LogP) is 4.15. The molecule has 0 bridgehead atoms. The Balaban J connectivity index is 1.24. The molecule has 0 atom stereocenters. The van der Waals surface area contributed by atoms with Gasteiger partial charge in [0.2, 0.25) is 5.88 Å². The third-order valence-electron chi connectivity index (χ3n) is 6.39. The van der Waals surface area contributed by atoms with Crippen molar-refractivity contribution in [2.75, 3.05) is 37.3 Å². The van der Waals surface area contributed by atoms with Gasteiger partial charge in [-0.3, -0.25) is 9.69 Å². The van der Waals surface area contributed by atoms with Crippen LogP contribution in [0, 0.1) is 5.82 Å². The van der Waals surface area contributed by atoms with Crippen LogP contribution < -0.4 is 9.64 Å². The predicted molar refractivity (Wildman–Crippen MR) is 136 cm³/mol. The van der Waals surface area contributed by atoms with Gasteiger partial charge in [-0.1, -0.05) is 11.6 Å². The van der Waals surface area contributed by atoms with E-state index >= 15 is 0 Å². The van der Waals surface area contributed by atoms with Gasteiger partial charge in [0.25, 0.3) is 0 Å². The van der Waals surface area contributed by atoms with Crippen LogP contribution in [0.5, 0.6) is 5.88 Å². The molecule has 5 rings (SSSR count). The van der Waals surface area contributed by atoms with Gasteiger partial charge in [-0.2, -0.15) is 0 Å². The fraction of sp³-hybridized carbons (Fsp3) is 0.375. The van der Waals surface area contributed by atoms with Gasteiger partial charge in [0, 0.05) is 25.9 Å². The van der Waals surface area contributed by atoms with E-state index in [0.717, 1.165) is 43.8 Å². The number of halogens is 2. The van der Waals surface area contributed by atoms with Crippen molar-refractivity contribution >= 4 is 50.1 Å². The van der Waals surface area contributed by atoms with Crippen molar-refractivity contribution in [2.24, 2.45) is 0 Å². The summed E-state index contributed by atoms with van der Waals surface area (Å²) in [5.74, 6) is 0.484. The number of rotatable bonds is 7. The van der Waals surface area contributed by atoms with E-state index in [4.69, 9.17) is 16.3 Å². The number of hydrogen-bond acceptors (Lipinski definition) is 9. The number of carbonyl (C=O) groups excluding carboxylic acids is 1. The number of piperidine rings is 1. The molecule has 0 saturated carbocycles. The Kier molecular flexibility index (Phi) is 6.99. The largest absolute Gasteiger partial charge is 0.474 e. The molecule has 4 heterocycles. The molecule has 0 unspecified atom stereocenters. The van der Waals surface area contributed by atoms with Crippen molar-refractivity contribution < 1.29 is 22.3 Å². The zero-order chi connectivity index (χ0) is 25.4. The highest BCUT2D eigenvalue weighted by atomic mass is 35.5. The summed E-state index contributed by atoms with van der Waals surface area (Å²) in [4.78, 5) is 25.6. The Bertz CT molecular complexity index is 1410. The Hall–Kier alpha value is -2.60. The highest BCUT2D eigenvalue weighted by Crippen LogP contribution is 2.38. The molecule has 0 radical (unpaired) electrons. The zero-order valence-corrected chi connectivity index (χ0v) is 21.9. The Labute approximate surface area is 217 Å². The van der Waals surface area contributed by atoms with Crippen molar-refractivity contribution in [3.8, 4) is 5.88 Å². The maximum absolute atomic E-state index is 14.8. The van der Waals surface area contributed by atoms with Crippen LogP contribution in [0.2, 0.25) is 4.34 Å². The number of nitrogens with zero attached hydrogens (tertiary/aromatic N) is 4. The number of Topliss-reactive ketones (excluding diaryl/α,β-unsaturated/α-hetero) is 1. The van der Waals surface area contributed by atoms with Gasteiger partial charge in [-0.05, 0) is 49.6 Å². The molecule has 2 aliphatic rings. The summed E-state index contributed by atoms with van der Waals surface area (Å²) in [7, 11) is -3.50. The van der Waals surface area contributed by atoms with Crippen LogP contribution in [0.1, 0.15) is 28.1 Å². The number of carbonyl (C=O) groups is 1. The lowest BCUT2D eigenvalue weighted by molar-refractivity contribution is 0.0778. The van der Waals surface area contributed by atoms with Crippen LogP contribution in [0.15, 0.2) is 41.6 Å². The minimum absolute atomic E-state index is 0.0497. The number of thiophene rings is 1. The molecular weight excluding hydrogens is 527 g/mol. The molecule has 1 fully saturated rings. The first-order chi connectivity index (χ1) is 17.2. The normalized spacial score (nSPS) is 16.8. The van der Waals surface area contributed by atoms with Gasteiger partial charge in [0.15, 0.2) is 15.6 Å². The molecule has 0 aliphatic carbocycles. The topological polar surface area (TPSA) is 92.7 Å². The minimum atomic E-state index is -3.50. The highest BCUT2D eigenvalue weighted by Gasteiger charge is 2.30. The summed E-state index contributed by atoms with van der Waals surface area (Å²) in [6, 6.07) is 7.39. The SMILES string of the molecule is CS(=O)(=O)c1ccc(N2CCc3c(OC4CCN(CC(=O)c5ccc(Cl)s5)CC4)ncnc32)c(F)c1. The van der Waals surface area contributed by atoms with E-state index < -0.39 is 15.7 Å². The van der Waals surface area contributed by atoms with Gasteiger partial charge >= 0.3 is 0 Å². The molecule has 1 aromatic carbocycles. The summed E-state index contributed by atoms with van der Waals surface area (Å²) < 4.78 is 45.2. The molecule has 1 saturated heterocycles. The maximum atomic E-state index is 14.8. The molecule has 2 aliphatic heterocycles. The Morgan fingerprint density at radius 2 is 1.97 bits per heavy atom. The van der Waals surface area contributed by atoms with Crippen molar-refractivity contribution in [2.45, 2.75) is 30.3 Å². The number of fused-ring (bicyclic) bond motifs is 1. The van der Waals surface area contributed by atoms with Crippen molar-refractivity contribution in [3.63, 3.8) is 0 Å². The highest BCUT2D eigenvalue weighted by molar-refractivity contribution is 7.90. The van der Waals surface area contributed by atoms with Crippen LogP contribution in [0.4, 0.5) is 15.9 Å². The second kappa shape index (κ2) is 10.0. The summed E-state index contributed by atoms with van der Waals surface area (Å²) in [5.41, 5.74) is 1.06. The zero-order valence-electron chi connectivity index (χ0n) is 19.5. The van der Waals surface area contributed by atoms with E-state index in [0.29, 0.717) is 40.4 Å². The first-order valence-electron chi connectivity index (χ1n) is 11.5. The quantitative estimate of drug-likeness (QED) is 0.405. The van der Waals surface area contributed by atoms with Crippen LogP contribution in [-0.4, -0.2) is 67.6 Å². The standard InChI is InChI=1S/C24H24ClFN4O4S2/c1-36(32,33)16-2-3-19(18(26)12-16)30-11-8-17-23(30)27-14-28-24(17)34-15-6-9-29(10-7-15)13-20(31)21-4-5-22(25)35-21/h2-5,12,14-15H,6-11,13H2,1H3. The second-order valence-corrected chi connectivity index (χ2v) is 12.6. The lowest BCUT2D eigenvalue weighted by atomic mass is 10.1. The van der Waals surface area contributed by atoms with Crippen LogP contribution >= 0.6 is 22.9 Å². The number of anilines is 2. The lowest BCUT2D eigenvalue weighted by Gasteiger charge is -2.31. The summed E-state index contributed by atoms with van der Waals surface area (Å²) in [6.07, 6.45) is 4.48. The third-order valence-corrected chi connectivity index (χ3v) is 8.77. The second-order valence-electron chi connectivity index (χ2n) is 8.89. The molecule has 190 valence electrons. The Morgan fingerprint density at radius 3 is 2.64 bits per heavy atom. The van der Waals surface area contributed by atoms with Crippen molar-refractivity contribution in [1.82, 2.24) is 14.9 Å². The monoisotopic (exact) mass is 550 g/mol. The molecule has 3 aromatic rings. The molecule has 0 N–H and O–H groups in total. The first kappa shape index (κ1) is 25.1. The smallest absolute Gasteiger partial charge is 0.222 e. The first-order valence-corrected chi connectivity index (χ1v) is 14.6. The number of benzene rings is 1. The van der Waals surface area contributed by atoms with E-state index in [9.17, 15) is 17.6 Å². The van der Waals surface area contributed by atoms with E-state index in [1.165, 1.54) is 29.8 Å². The summed E-state index contributed by atoms with van der Waals surface area (Å²) in [6.45, 7) is 2.29. The molecule has 0 spiro atoms. The van der Waals surface area contributed by atoms with Crippen LogP contribution in [0.3, 0.4) is 0 Å². The molecule has 0 amide bonds. The maximum Gasteiger partial charge on any atom is 0.222 e. The van der Waals surface area contributed by atoms with Gasteiger partial charge < -0.3 is 9.64 Å². The van der Waals surface area contributed by atoms with Gasteiger partial charge in [0.1, 0.15) is 24.1 Å². The number of ether oxygens (including phenoxy) is 1. The average Bonchev–Trinajstić information content (AvgIpc) is 3.47. The van der Waals surface area contributed by atoms with Crippen LogP contribution in [0.25, 0.3) is 0 Å². The molecule has 36 heavy (non-hydrogen) atoms. The molecule has 12 heteroatoms. The molecule has 8 nitrogen and oxygen atoms in total. The number of hydrogen-bond donors (Lipinski definition) is 0. The fourth-order valence-electron chi connectivity index (χ4n) is 4.53. The van der Waals surface area contributed by atoms with E-state index in [1.54, 1.807) is 17.0 Å². The summed E-state index contributed by atoms with van der Waals surface area (Å²) in [5, 5.41) is 0. The molecular formula is C24H24ClFN4O4S2. The fourth-order valence-corrected chi connectivity index (χ4v) is 6.14. The third kappa shape index (κ3) is 5.24. The summed E-state index contributed by atoms with van der Waals surface area (Å²) >= 11 is 7.24. The van der Waals surface area contributed by atoms with E-state index in [2.05, 4.69) is 14.9 Å². The average molecular weight is 551 g/mol. The van der Waals surface area contributed by atoms with Gasteiger partial charge in [-0.25, -0.2) is 22.8 Å². The molecule has 2 aromatic heterocycles. The lowest BCUT2D eigenvalue weighted by Crippen LogP contribution is -2.40. The van der Waals surface area contributed by atoms with E-state index in [-0.39, 0.29) is 22.5 Å². The van der Waals surface area contributed by atoms with Gasteiger partial charge in [-0.15, -0.1) is 11.3 Å². The van der Waals surface area contributed by atoms with Crippen molar-refractivity contribution in [1.29, 1.82) is 0 Å². The minimum Gasteiger partial charge on any atom is -0.474 e. The number of sulfone groups is 1.